The van der Waals surface area contributed by atoms with E-state index in [9.17, 15) is 0 Å². The molecule has 0 saturated heterocycles. The van der Waals surface area contributed by atoms with Crippen LogP contribution in [0.2, 0.25) is 13.1 Å². The van der Waals surface area contributed by atoms with Gasteiger partial charge in [0.2, 0.25) is 0 Å². The number of fused-ring (bicyclic) bond motifs is 12. The van der Waals surface area contributed by atoms with Crippen molar-refractivity contribution in [1.82, 2.24) is 9.97 Å². The van der Waals surface area contributed by atoms with Gasteiger partial charge >= 0.3 is 0 Å². The van der Waals surface area contributed by atoms with Crippen molar-refractivity contribution in [2.24, 2.45) is 0 Å². The maximum Gasteiger partial charge on any atom is 0.188 e. The lowest BCUT2D eigenvalue weighted by Gasteiger charge is -2.41. The second kappa shape index (κ2) is 14.0. The van der Waals surface area contributed by atoms with Gasteiger partial charge < -0.3 is 4.74 Å². The molecule has 8 aromatic carbocycles. The van der Waals surface area contributed by atoms with Gasteiger partial charge in [-0.1, -0.05) is 216 Å². The number of para-hydroxylation sites is 1. The number of hydrogen-bond acceptors (Lipinski definition) is 4. The highest BCUT2D eigenvalue weighted by Crippen LogP contribution is 2.56. The third kappa shape index (κ3) is 5.20. The Kier molecular flexibility index (Phi) is 8.42. The lowest BCUT2D eigenvalue weighted by molar-refractivity contribution is 0.489. The summed E-state index contributed by atoms with van der Waals surface area (Å²) in [5.74, 6) is 1.83. The zero-order chi connectivity index (χ0) is 44.7. The molecule has 318 valence electrons. The van der Waals surface area contributed by atoms with E-state index in [1.807, 2.05) is 24.2 Å². The third-order valence-electron chi connectivity index (χ3n) is 15.6. The molecule has 0 saturated carbocycles. The van der Waals surface area contributed by atoms with E-state index < -0.39 is 16.1 Å². The summed E-state index contributed by atoms with van der Waals surface area (Å²) in [6, 6.07) is 63.6. The SMILES string of the molecule is CC1(C)c2ccccc2-c2c1ccc1c2Oc2c(-c3cncc(-c4cccc5c4Sc4c(ccc6c4-c4ccccc4C6(C)C)[Si]5(C)C)n3)cccc2[Si]1(c1ccccc1)c1ccccc1. The van der Waals surface area contributed by atoms with Gasteiger partial charge in [-0.05, 0) is 76.1 Å². The largest absolute Gasteiger partial charge is 0.456 e. The molecule has 0 radical (unpaired) electrons. The smallest absolute Gasteiger partial charge is 0.188 e. The number of ether oxygens (including phenoxy) is 1. The summed E-state index contributed by atoms with van der Waals surface area (Å²) in [6.45, 7) is 14.5. The molecule has 2 aliphatic carbocycles. The van der Waals surface area contributed by atoms with Crippen LogP contribution in [-0.2, 0) is 10.8 Å². The predicted octanol–water partition coefficient (Wildman–Crippen LogP) is 11.2. The Morgan fingerprint density at radius 3 is 1.56 bits per heavy atom. The van der Waals surface area contributed by atoms with E-state index in [2.05, 4.69) is 211 Å². The molecule has 1 aromatic heterocycles. The predicted molar refractivity (Wildman–Crippen MR) is 279 cm³/mol. The van der Waals surface area contributed by atoms with Crippen molar-refractivity contribution < 1.29 is 4.74 Å². The molecule has 0 atom stereocenters. The summed E-state index contributed by atoms with van der Waals surface area (Å²) in [6.07, 6.45) is 3.89. The molecule has 0 bridgehead atoms. The van der Waals surface area contributed by atoms with Crippen LogP contribution in [0.1, 0.15) is 49.9 Å². The molecule has 0 N–H and O–H groups in total. The van der Waals surface area contributed by atoms with Crippen molar-refractivity contribution in [2.45, 2.75) is 61.4 Å². The maximum absolute atomic E-state index is 7.61. The molecule has 0 amide bonds. The first-order valence-electron chi connectivity index (χ1n) is 23.1. The standard InChI is InChI=1S/C60H48N2OSSi2/c1-59(2)43-27-15-13-23-39(43)53-45(59)31-33-50-56(53)63-55-41(25-17-29-49(55)66(50,37-19-9-7-10-20-37)38-21-11-8-12-22-38)47-35-61-36-48(62-47)42-26-18-30-51-57(42)64-58-52(65(51,5)6)34-32-46-54(58)40-24-14-16-28-44(40)60(46,3)4/h7-36H,1-6H3. The first-order valence-corrected chi connectivity index (χ1v) is 29.0. The summed E-state index contributed by atoms with van der Waals surface area (Å²) in [5.41, 5.74) is 14.2. The average molecular weight is 901 g/mol. The van der Waals surface area contributed by atoms with Crippen LogP contribution in [0.25, 0.3) is 44.8 Å². The van der Waals surface area contributed by atoms with Crippen LogP contribution in [0.15, 0.2) is 192 Å². The van der Waals surface area contributed by atoms with Gasteiger partial charge in [-0.2, -0.15) is 0 Å². The first kappa shape index (κ1) is 39.8. The van der Waals surface area contributed by atoms with Crippen molar-refractivity contribution in [3.05, 3.63) is 205 Å². The van der Waals surface area contributed by atoms with Gasteiger partial charge in [-0.3, -0.25) is 4.98 Å². The van der Waals surface area contributed by atoms with Crippen LogP contribution in [0, 0.1) is 0 Å². The van der Waals surface area contributed by atoms with Crippen molar-refractivity contribution in [3.8, 4) is 56.3 Å². The average Bonchev–Trinajstić information content (AvgIpc) is 3.73. The van der Waals surface area contributed by atoms with E-state index in [0.29, 0.717) is 0 Å². The van der Waals surface area contributed by atoms with Gasteiger partial charge in [0, 0.05) is 37.3 Å². The Bertz CT molecular complexity index is 3490. The zero-order valence-electron chi connectivity index (χ0n) is 38.0. The van der Waals surface area contributed by atoms with Crippen LogP contribution in [-0.4, -0.2) is 26.1 Å². The molecule has 9 aromatic rings. The third-order valence-corrected chi connectivity index (χ3v) is 25.6. The summed E-state index contributed by atoms with van der Waals surface area (Å²) in [4.78, 5) is 13.4. The molecule has 3 nitrogen and oxygen atoms in total. The Balaban J connectivity index is 1.02. The lowest BCUT2D eigenvalue weighted by atomic mass is 9.82. The minimum atomic E-state index is -3.01. The van der Waals surface area contributed by atoms with Gasteiger partial charge in [-0.15, -0.1) is 0 Å². The number of nitrogens with zero attached hydrogens (tertiary/aromatic N) is 2. The summed E-state index contributed by atoms with van der Waals surface area (Å²) in [5, 5.41) is 8.10. The highest BCUT2D eigenvalue weighted by Gasteiger charge is 2.51. The summed E-state index contributed by atoms with van der Waals surface area (Å²) < 4.78 is 7.61. The van der Waals surface area contributed by atoms with Gasteiger partial charge in [0.15, 0.2) is 8.07 Å². The molecule has 66 heavy (non-hydrogen) atoms. The quantitative estimate of drug-likeness (QED) is 0.165. The van der Waals surface area contributed by atoms with E-state index in [1.165, 1.54) is 85.4 Å². The van der Waals surface area contributed by atoms with E-state index in [4.69, 9.17) is 14.7 Å². The van der Waals surface area contributed by atoms with E-state index >= 15 is 0 Å². The zero-order valence-corrected chi connectivity index (χ0v) is 40.8. The fourth-order valence-electron chi connectivity index (χ4n) is 12.3. The molecule has 2 aliphatic heterocycles. The summed E-state index contributed by atoms with van der Waals surface area (Å²) >= 11 is 1.94. The minimum absolute atomic E-state index is 0.0641. The van der Waals surface area contributed by atoms with Gasteiger partial charge in [0.1, 0.15) is 19.6 Å². The number of rotatable bonds is 4. The second-order valence-corrected chi connectivity index (χ2v) is 29.1. The highest BCUT2D eigenvalue weighted by molar-refractivity contribution is 8.00. The normalized spacial score (nSPS) is 16.6. The molecular formula is C60H48N2OSSi2. The van der Waals surface area contributed by atoms with Crippen molar-refractivity contribution in [3.63, 3.8) is 0 Å². The summed E-state index contributed by atoms with van der Waals surface area (Å²) in [7, 11) is -5.16. The van der Waals surface area contributed by atoms with Gasteiger partial charge in [0.05, 0.1) is 23.8 Å². The number of aromatic nitrogens is 2. The highest BCUT2D eigenvalue weighted by atomic mass is 32.2. The van der Waals surface area contributed by atoms with E-state index in [-0.39, 0.29) is 10.8 Å². The Labute approximate surface area is 393 Å². The van der Waals surface area contributed by atoms with E-state index in [0.717, 1.165) is 34.0 Å². The topological polar surface area (TPSA) is 35.0 Å². The molecule has 13 rings (SSSR count). The lowest BCUT2D eigenvalue weighted by Crippen LogP contribution is -2.76. The van der Waals surface area contributed by atoms with Crippen LogP contribution < -0.4 is 35.9 Å². The maximum atomic E-state index is 7.61. The Hall–Kier alpha value is -6.58. The van der Waals surface area contributed by atoms with Crippen molar-refractivity contribution in [1.29, 1.82) is 0 Å². The molecule has 3 heterocycles. The fourth-order valence-corrected chi connectivity index (χ4v) is 23.0. The molecular weight excluding hydrogens is 853 g/mol. The number of hydrogen-bond donors (Lipinski definition) is 0. The van der Waals surface area contributed by atoms with Crippen molar-refractivity contribution in [2.75, 3.05) is 0 Å². The molecule has 0 unspecified atom stereocenters. The Morgan fingerprint density at radius 1 is 0.424 bits per heavy atom. The fraction of sp³-hybridized carbons (Fsp3) is 0.133. The van der Waals surface area contributed by atoms with Crippen LogP contribution in [0.5, 0.6) is 11.5 Å². The minimum Gasteiger partial charge on any atom is -0.456 e. The van der Waals surface area contributed by atoms with Crippen LogP contribution in [0.3, 0.4) is 0 Å². The molecule has 4 aliphatic rings. The monoisotopic (exact) mass is 900 g/mol. The molecule has 6 heteroatoms. The molecule has 0 spiro atoms. The van der Waals surface area contributed by atoms with Crippen LogP contribution in [0.4, 0.5) is 0 Å². The van der Waals surface area contributed by atoms with E-state index in [1.54, 1.807) is 0 Å². The molecule has 0 fully saturated rings. The van der Waals surface area contributed by atoms with Gasteiger partial charge in [0.25, 0.3) is 0 Å². The van der Waals surface area contributed by atoms with Gasteiger partial charge in [-0.25, -0.2) is 4.98 Å². The Morgan fingerprint density at radius 2 is 0.909 bits per heavy atom. The van der Waals surface area contributed by atoms with Crippen LogP contribution >= 0.6 is 11.8 Å². The number of benzene rings is 8. The second-order valence-electron chi connectivity index (χ2n) is 20.0. The first-order chi connectivity index (χ1) is 32.0. The van der Waals surface area contributed by atoms with Crippen molar-refractivity contribution >= 4 is 59.0 Å².